The van der Waals surface area contributed by atoms with E-state index in [1.807, 2.05) is 0 Å². The first-order chi connectivity index (χ1) is 9.57. The second-order valence-corrected chi connectivity index (χ2v) is 9.76. The van der Waals surface area contributed by atoms with E-state index in [0.29, 0.717) is 0 Å². The molecule has 0 N–H and O–H groups in total. The van der Waals surface area contributed by atoms with Gasteiger partial charge in [-0.1, -0.05) is 81.4 Å². The summed E-state index contributed by atoms with van der Waals surface area (Å²) >= 11 is 0. The van der Waals surface area contributed by atoms with Crippen molar-refractivity contribution >= 4 is 14.2 Å². The highest BCUT2D eigenvalue weighted by Gasteiger charge is 2.29. The molecule has 0 aliphatic heterocycles. The minimum absolute atomic E-state index is 0.234. The molecule has 0 unspecified atom stereocenters. The standard InChI is InChI=1S/C18H24OSi/c1-18(2,3)20(17-12-8-5-9-13-17)19-15-14-16-10-6-4-7-11-16/h4-13,20H,14-15H2,1-3H3/t20-/m1/s1. The van der Waals surface area contributed by atoms with Gasteiger partial charge in [0.1, 0.15) is 0 Å². The summed E-state index contributed by atoms with van der Waals surface area (Å²) in [6.07, 6.45) is 0.993. The maximum Gasteiger partial charge on any atom is 0.213 e. The Morgan fingerprint density at radius 1 is 0.850 bits per heavy atom. The van der Waals surface area contributed by atoms with Crippen molar-refractivity contribution in [1.29, 1.82) is 0 Å². The molecule has 0 saturated carbocycles. The van der Waals surface area contributed by atoms with E-state index in [-0.39, 0.29) is 5.04 Å². The smallest absolute Gasteiger partial charge is 0.213 e. The van der Waals surface area contributed by atoms with Gasteiger partial charge in [0.2, 0.25) is 9.04 Å². The van der Waals surface area contributed by atoms with Gasteiger partial charge in [0.05, 0.1) is 0 Å². The average molecular weight is 284 g/mol. The molecule has 2 heteroatoms. The summed E-state index contributed by atoms with van der Waals surface area (Å²) in [4.78, 5) is 0. The molecule has 0 aliphatic rings. The van der Waals surface area contributed by atoms with Crippen LogP contribution in [-0.2, 0) is 10.8 Å². The third kappa shape index (κ3) is 4.32. The van der Waals surface area contributed by atoms with Gasteiger partial charge in [0, 0.05) is 6.61 Å². The van der Waals surface area contributed by atoms with E-state index in [1.54, 1.807) is 0 Å². The van der Waals surface area contributed by atoms with E-state index in [2.05, 4.69) is 81.4 Å². The van der Waals surface area contributed by atoms with E-state index >= 15 is 0 Å². The zero-order chi connectivity index (χ0) is 14.4. The van der Waals surface area contributed by atoms with Crippen molar-refractivity contribution in [2.24, 2.45) is 0 Å². The normalized spacial score (nSPS) is 13.2. The molecule has 0 heterocycles. The van der Waals surface area contributed by atoms with Gasteiger partial charge in [-0.3, -0.25) is 0 Å². The fourth-order valence-electron chi connectivity index (χ4n) is 2.41. The molecule has 0 spiro atoms. The highest BCUT2D eigenvalue weighted by Crippen LogP contribution is 2.27. The maximum absolute atomic E-state index is 6.34. The molecule has 0 fully saturated rings. The predicted molar refractivity (Wildman–Crippen MR) is 89.0 cm³/mol. The van der Waals surface area contributed by atoms with Crippen molar-refractivity contribution in [2.45, 2.75) is 32.2 Å². The SMILES string of the molecule is CC(C)(C)[Si@H](OCCc1ccccc1)c1ccccc1. The van der Waals surface area contributed by atoms with Gasteiger partial charge in [0.15, 0.2) is 0 Å². The van der Waals surface area contributed by atoms with Crippen LogP contribution in [-0.4, -0.2) is 15.6 Å². The summed E-state index contributed by atoms with van der Waals surface area (Å²) in [5.41, 5.74) is 1.35. The van der Waals surface area contributed by atoms with Crippen LogP contribution in [0.1, 0.15) is 26.3 Å². The van der Waals surface area contributed by atoms with Crippen LogP contribution in [0.25, 0.3) is 0 Å². The van der Waals surface area contributed by atoms with Gasteiger partial charge < -0.3 is 4.43 Å². The maximum atomic E-state index is 6.34. The van der Waals surface area contributed by atoms with Gasteiger partial charge in [-0.2, -0.15) is 0 Å². The molecule has 20 heavy (non-hydrogen) atoms. The fourth-order valence-corrected chi connectivity index (χ4v) is 5.03. The van der Waals surface area contributed by atoms with Crippen molar-refractivity contribution in [2.75, 3.05) is 6.61 Å². The van der Waals surface area contributed by atoms with Gasteiger partial charge >= 0.3 is 0 Å². The first-order valence-electron chi connectivity index (χ1n) is 7.28. The zero-order valence-corrected chi connectivity index (χ0v) is 13.8. The van der Waals surface area contributed by atoms with Crippen molar-refractivity contribution in [3.63, 3.8) is 0 Å². The van der Waals surface area contributed by atoms with E-state index in [4.69, 9.17) is 4.43 Å². The molecule has 1 atom stereocenters. The Labute approximate surface area is 124 Å². The van der Waals surface area contributed by atoms with Crippen LogP contribution in [0.2, 0.25) is 5.04 Å². The molecule has 0 bridgehead atoms. The molecule has 0 aromatic heterocycles. The van der Waals surface area contributed by atoms with Crippen LogP contribution in [0.5, 0.6) is 0 Å². The molecular weight excluding hydrogens is 260 g/mol. The molecular formula is C18H24OSi. The third-order valence-corrected chi connectivity index (χ3v) is 6.54. The Balaban J connectivity index is 1.99. The number of hydrogen-bond donors (Lipinski definition) is 0. The molecule has 0 amide bonds. The minimum Gasteiger partial charge on any atom is -0.415 e. The van der Waals surface area contributed by atoms with Gasteiger partial charge in [-0.05, 0) is 22.2 Å². The highest BCUT2D eigenvalue weighted by atomic mass is 28.3. The lowest BCUT2D eigenvalue weighted by Gasteiger charge is -2.29. The van der Waals surface area contributed by atoms with Crippen LogP contribution in [0.15, 0.2) is 60.7 Å². The second kappa shape index (κ2) is 6.87. The van der Waals surface area contributed by atoms with Crippen molar-refractivity contribution in [3.05, 3.63) is 66.2 Å². The molecule has 1 nitrogen and oxygen atoms in total. The molecule has 0 saturated heterocycles. The topological polar surface area (TPSA) is 9.23 Å². The predicted octanol–water partition coefficient (Wildman–Crippen LogP) is 3.68. The van der Waals surface area contributed by atoms with Gasteiger partial charge in [-0.25, -0.2) is 0 Å². The van der Waals surface area contributed by atoms with E-state index in [1.165, 1.54) is 10.8 Å². The lowest BCUT2D eigenvalue weighted by molar-refractivity contribution is 0.314. The summed E-state index contributed by atoms with van der Waals surface area (Å²) in [7, 11) is -1.42. The monoisotopic (exact) mass is 284 g/mol. The quantitative estimate of drug-likeness (QED) is 0.761. The van der Waals surface area contributed by atoms with Crippen molar-refractivity contribution < 1.29 is 4.43 Å². The summed E-state index contributed by atoms with van der Waals surface area (Å²) in [6.45, 7) is 7.69. The largest absolute Gasteiger partial charge is 0.415 e. The Kier molecular flexibility index (Phi) is 5.15. The minimum atomic E-state index is -1.42. The molecule has 0 aliphatic carbocycles. The Hall–Kier alpha value is -1.38. The zero-order valence-electron chi connectivity index (χ0n) is 12.7. The summed E-state index contributed by atoms with van der Waals surface area (Å²) in [6, 6.07) is 21.3. The first-order valence-corrected chi connectivity index (χ1v) is 8.90. The summed E-state index contributed by atoms with van der Waals surface area (Å²) < 4.78 is 6.34. The molecule has 2 rings (SSSR count). The lowest BCUT2D eigenvalue weighted by Crippen LogP contribution is -2.42. The Morgan fingerprint density at radius 3 is 1.95 bits per heavy atom. The van der Waals surface area contributed by atoms with E-state index in [0.717, 1.165) is 13.0 Å². The van der Waals surface area contributed by atoms with Crippen LogP contribution >= 0.6 is 0 Å². The number of benzene rings is 2. The second-order valence-electron chi connectivity index (χ2n) is 6.26. The lowest BCUT2D eigenvalue weighted by atomic mass is 10.2. The molecule has 2 aromatic rings. The highest BCUT2D eigenvalue weighted by molar-refractivity contribution is 6.70. The van der Waals surface area contributed by atoms with Crippen LogP contribution in [0.4, 0.5) is 0 Å². The number of hydrogen-bond acceptors (Lipinski definition) is 1. The van der Waals surface area contributed by atoms with E-state index < -0.39 is 9.04 Å². The summed E-state index contributed by atoms with van der Waals surface area (Å²) in [5.74, 6) is 0. The van der Waals surface area contributed by atoms with Crippen molar-refractivity contribution in [3.8, 4) is 0 Å². The number of rotatable bonds is 5. The van der Waals surface area contributed by atoms with Crippen LogP contribution in [0, 0.1) is 0 Å². The average Bonchev–Trinajstić information content (AvgIpc) is 2.44. The molecule has 106 valence electrons. The van der Waals surface area contributed by atoms with E-state index in [9.17, 15) is 0 Å². The van der Waals surface area contributed by atoms with Crippen molar-refractivity contribution in [1.82, 2.24) is 0 Å². The van der Waals surface area contributed by atoms with Crippen LogP contribution in [0.3, 0.4) is 0 Å². The molecule has 2 aromatic carbocycles. The van der Waals surface area contributed by atoms with Crippen LogP contribution < -0.4 is 5.19 Å². The Morgan fingerprint density at radius 2 is 1.40 bits per heavy atom. The summed E-state index contributed by atoms with van der Waals surface area (Å²) in [5, 5.41) is 1.63. The fraction of sp³-hybridized carbons (Fsp3) is 0.333. The third-order valence-electron chi connectivity index (χ3n) is 3.41. The first kappa shape index (κ1) is 15.0. The van der Waals surface area contributed by atoms with Gasteiger partial charge in [0.25, 0.3) is 0 Å². The Bertz CT molecular complexity index is 502. The molecule has 0 radical (unpaired) electrons. The van der Waals surface area contributed by atoms with Gasteiger partial charge in [-0.15, -0.1) is 0 Å².